The van der Waals surface area contributed by atoms with E-state index >= 15 is 0 Å². The van der Waals surface area contributed by atoms with Crippen molar-refractivity contribution in [2.24, 2.45) is 0 Å². The van der Waals surface area contributed by atoms with Crippen molar-refractivity contribution in [2.75, 3.05) is 20.8 Å². The number of Topliss-reactive ketones (excluding diaryl/α,β-unsaturated/α-hetero) is 1. The number of fused-ring (bicyclic) bond motifs is 1. The van der Waals surface area contributed by atoms with E-state index in [9.17, 15) is 14.4 Å². The lowest BCUT2D eigenvalue weighted by Crippen LogP contribution is -2.29. The van der Waals surface area contributed by atoms with Crippen LogP contribution in [0.5, 0.6) is 11.5 Å². The fourth-order valence-electron chi connectivity index (χ4n) is 4.05. The molecule has 4 rings (SSSR count). The van der Waals surface area contributed by atoms with E-state index in [1.165, 1.54) is 10.6 Å². The topological polar surface area (TPSA) is 101 Å². The second kappa shape index (κ2) is 10.1. The number of rotatable bonds is 8. The average Bonchev–Trinajstić information content (AvgIpc) is 3.25. The molecule has 0 saturated carbocycles. The van der Waals surface area contributed by atoms with Crippen molar-refractivity contribution in [3.8, 4) is 22.8 Å². The molecule has 0 bridgehead atoms. The molecule has 0 spiro atoms. The molecular formula is C27H27N3O6. The van der Waals surface area contributed by atoms with Gasteiger partial charge in [-0.1, -0.05) is 0 Å². The quantitative estimate of drug-likeness (QED) is 0.271. The number of methoxy groups -OCH3 is 2. The molecule has 4 aromatic rings. The summed E-state index contributed by atoms with van der Waals surface area (Å²) in [5.74, 6) is 0.572. The third kappa shape index (κ3) is 4.35. The Morgan fingerprint density at radius 1 is 0.972 bits per heavy atom. The smallest absolute Gasteiger partial charge is 0.345 e. The summed E-state index contributed by atoms with van der Waals surface area (Å²) in [6.07, 6.45) is 1.35. The van der Waals surface area contributed by atoms with Gasteiger partial charge in [0.05, 0.1) is 38.3 Å². The van der Waals surface area contributed by atoms with Crippen LogP contribution in [-0.2, 0) is 4.74 Å². The minimum absolute atomic E-state index is 0.108. The van der Waals surface area contributed by atoms with Gasteiger partial charge in [0.25, 0.3) is 5.56 Å². The van der Waals surface area contributed by atoms with Crippen LogP contribution in [0, 0.1) is 6.92 Å². The molecule has 186 valence electrons. The number of imidazole rings is 1. The largest absolute Gasteiger partial charge is 0.497 e. The fourth-order valence-corrected chi connectivity index (χ4v) is 4.05. The summed E-state index contributed by atoms with van der Waals surface area (Å²) in [5.41, 5.74) is 1.55. The number of aryl methyl sites for hydroxylation is 1. The zero-order valence-electron chi connectivity index (χ0n) is 20.8. The molecule has 0 aliphatic rings. The molecule has 0 amide bonds. The lowest BCUT2D eigenvalue weighted by atomic mass is 10.0. The second-order valence-electron chi connectivity index (χ2n) is 8.15. The summed E-state index contributed by atoms with van der Waals surface area (Å²) in [4.78, 5) is 44.2. The Bertz CT molecular complexity index is 1480. The van der Waals surface area contributed by atoms with E-state index in [1.54, 1.807) is 76.0 Å². The lowest BCUT2D eigenvalue weighted by Gasteiger charge is -2.17. The summed E-state index contributed by atoms with van der Waals surface area (Å²) < 4.78 is 18.4. The Kier molecular flexibility index (Phi) is 6.91. The van der Waals surface area contributed by atoms with Gasteiger partial charge in [-0.15, -0.1) is 0 Å². The summed E-state index contributed by atoms with van der Waals surface area (Å²) in [6.45, 7) is 5.21. The third-order valence-electron chi connectivity index (χ3n) is 6.05. The van der Waals surface area contributed by atoms with Gasteiger partial charge in [0, 0.05) is 17.3 Å². The molecule has 0 saturated heterocycles. The fraction of sp³-hybridized carbons (Fsp3) is 0.259. The van der Waals surface area contributed by atoms with E-state index in [0.717, 1.165) is 5.56 Å². The van der Waals surface area contributed by atoms with E-state index in [2.05, 4.69) is 0 Å². The van der Waals surface area contributed by atoms with Crippen LogP contribution in [0.15, 0.2) is 59.5 Å². The van der Waals surface area contributed by atoms with E-state index in [0.29, 0.717) is 28.5 Å². The highest BCUT2D eigenvalue weighted by molar-refractivity contribution is 5.99. The Morgan fingerprint density at radius 3 is 2.11 bits per heavy atom. The van der Waals surface area contributed by atoms with Crippen LogP contribution >= 0.6 is 0 Å². The number of carbonyl (C=O) groups excluding carboxylic acids is 2. The average molecular weight is 490 g/mol. The number of hydrogen-bond acceptors (Lipinski definition) is 7. The Hall–Kier alpha value is -4.40. The maximum atomic E-state index is 13.4. The predicted octanol–water partition coefficient (Wildman–Crippen LogP) is 4.11. The van der Waals surface area contributed by atoms with Crippen LogP contribution in [-0.4, -0.2) is 46.5 Å². The number of carbonyl (C=O) groups is 2. The molecule has 1 unspecified atom stereocenters. The normalized spacial score (nSPS) is 11.8. The van der Waals surface area contributed by atoms with Gasteiger partial charge in [-0.2, -0.15) is 0 Å². The summed E-state index contributed by atoms with van der Waals surface area (Å²) in [5, 5.41) is 0. The van der Waals surface area contributed by atoms with Crippen molar-refractivity contribution >= 4 is 17.5 Å². The molecule has 0 fully saturated rings. The Balaban J connectivity index is 1.92. The molecule has 9 nitrogen and oxygen atoms in total. The van der Waals surface area contributed by atoms with E-state index < -0.39 is 17.6 Å². The van der Waals surface area contributed by atoms with Crippen LogP contribution in [0.2, 0.25) is 0 Å². The molecule has 2 aromatic carbocycles. The van der Waals surface area contributed by atoms with Gasteiger partial charge in [-0.05, 0) is 69.3 Å². The van der Waals surface area contributed by atoms with Crippen molar-refractivity contribution in [1.82, 2.24) is 14.0 Å². The standard InChI is InChI=1S/C27H27N3O6/c1-6-36-26(33)22-15-29(17(3)24(31)19-9-13-21(35-5)14-10-19)27-28-23(16(2)30(27)25(22)32)18-7-11-20(34-4)12-8-18/h7-15,17H,6H2,1-5H3. The molecule has 9 heteroatoms. The van der Waals surface area contributed by atoms with E-state index in [-0.39, 0.29) is 23.7 Å². The van der Waals surface area contributed by atoms with Gasteiger partial charge >= 0.3 is 5.97 Å². The molecule has 0 aliphatic heterocycles. The number of nitrogens with zero attached hydrogens (tertiary/aromatic N) is 3. The number of benzene rings is 2. The van der Waals surface area contributed by atoms with Crippen LogP contribution in [0.4, 0.5) is 0 Å². The minimum Gasteiger partial charge on any atom is -0.497 e. The zero-order chi connectivity index (χ0) is 26.0. The number of esters is 1. The zero-order valence-corrected chi connectivity index (χ0v) is 20.8. The first kappa shape index (κ1) is 24.7. The Labute approximate surface area is 207 Å². The van der Waals surface area contributed by atoms with Gasteiger partial charge in [-0.25, -0.2) is 14.2 Å². The van der Waals surface area contributed by atoms with Crippen molar-refractivity contribution in [3.63, 3.8) is 0 Å². The first-order chi connectivity index (χ1) is 17.3. The van der Waals surface area contributed by atoms with Crippen LogP contribution in [0.25, 0.3) is 17.0 Å². The number of ketones is 1. The minimum atomic E-state index is -0.778. The SMILES string of the molecule is CCOC(=O)c1cn(C(C)C(=O)c2ccc(OC)cc2)c2nc(-c3ccc(OC)cc3)c(C)n2c1=O. The van der Waals surface area contributed by atoms with Crippen molar-refractivity contribution in [1.29, 1.82) is 0 Å². The molecule has 0 aliphatic carbocycles. The highest BCUT2D eigenvalue weighted by Gasteiger charge is 2.26. The van der Waals surface area contributed by atoms with Crippen molar-refractivity contribution < 1.29 is 23.8 Å². The molecule has 2 aromatic heterocycles. The molecule has 0 radical (unpaired) electrons. The number of ether oxygens (including phenoxy) is 3. The molecule has 2 heterocycles. The first-order valence-corrected chi connectivity index (χ1v) is 11.4. The van der Waals surface area contributed by atoms with Gasteiger partial charge in [0.15, 0.2) is 5.78 Å². The van der Waals surface area contributed by atoms with Gasteiger partial charge < -0.3 is 18.8 Å². The maximum absolute atomic E-state index is 13.4. The molecule has 1 atom stereocenters. The first-order valence-electron chi connectivity index (χ1n) is 11.4. The summed E-state index contributed by atoms with van der Waals surface area (Å²) in [7, 11) is 3.13. The van der Waals surface area contributed by atoms with E-state index in [4.69, 9.17) is 19.2 Å². The monoisotopic (exact) mass is 489 g/mol. The van der Waals surface area contributed by atoms with Crippen LogP contribution in [0.1, 0.15) is 46.3 Å². The highest BCUT2D eigenvalue weighted by Crippen LogP contribution is 2.27. The van der Waals surface area contributed by atoms with Gasteiger partial charge in [0.2, 0.25) is 5.78 Å². The third-order valence-corrected chi connectivity index (χ3v) is 6.05. The van der Waals surface area contributed by atoms with Gasteiger partial charge in [0.1, 0.15) is 17.1 Å². The number of hydrogen-bond donors (Lipinski definition) is 0. The predicted molar refractivity (Wildman–Crippen MR) is 134 cm³/mol. The van der Waals surface area contributed by atoms with Crippen molar-refractivity contribution in [2.45, 2.75) is 26.8 Å². The highest BCUT2D eigenvalue weighted by atomic mass is 16.5. The van der Waals surface area contributed by atoms with Gasteiger partial charge in [-0.3, -0.25) is 9.59 Å². The van der Waals surface area contributed by atoms with Crippen LogP contribution in [0.3, 0.4) is 0 Å². The van der Waals surface area contributed by atoms with Crippen molar-refractivity contribution in [3.05, 3.63) is 81.9 Å². The van der Waals surface area contributed by atoms with Crippen LogP contribution < -0.4 is 15.0 Å². The molecule has 36 heavy (non-hydrogen) atoms. The van der Waals surface area contributed by atoms with E-state index in [1.807, 2.05) is 12.1 Å². The summed E-state index contributed by atoms with van der Waals surface area (Å²) >= 11 is 0. The molecular weight excluding hydrogens is 462 g/mol. The lowest BCUT2D eigenvalue weighted by molar-refractivity contribution is 0.0522. The molecule has 0 N–H and O–H groups in total. The Morgan fingerprint density at radius 2 is 1.56 bits per heavy atom. The number of aromatic nitrogens is 3. The second-order valence-corrected chi connectivity index (χ2v) is 8.15. The maximum Gasteiger partial charge on any atom is 0.345 e. The summed E-state index contributed by atoms with van der Waals surface area (Å²) in [6, 6.07) is 13.2.